The molecule has 6 heteroatoms. The summed E-state index contributed by atoms with van der Waals surface area (Å²) < 4.78 is 41.0. The maximum atomic E-state index is 12.3. The Balaban J connectivity index is 2.03. The van der Waals surface area contributed by atoms with Gasteiger partial charge in [0.25, 0.3) is 0 Å². The highest BCUT2D eigenvalue weighted by molar-refractivity contribution is 5.33. The molecule has 1 aromatic heterocycles. The highest BCUT2D eigenvalue weighted by Gasteiger charge is 2.31. The molecule has 0 aliphatic rings. The van der Waals surface area contributed by atoms with E-state index in [-0.39, 0.29) is 18.3 Å². The number of rotatable bonds is 5. The first-order chi connectivity index (χ1) is 9.96. The van der Waals surface area contributed by atoms with E-state index in [1.54, 1.807) is 18.3 Å². The van der Waals surface area contributed by atoms with Crippen molar-refractivity contribution >= 4 is 0 Å². The van der Waals surface area contributed by atoms with Crippen LogP contribution in [-0.4, -0.2) is 11.3 Å². The SMILES string of the molecule is C[C@H](NCc1ccccc1OC(F)(F)F)c1ccccn1. The van der Waals surface area contributed by atoms with Crippen LogP contribution in [0.2, 0.25) is 0 Å². The third-order valence-corrected chi connectivity index (χ3v) is 2.93. The summed E-state index contributed by atoms with van der Waals surface area (Å²) in [5, 5.41) is 3.13. The maximum Gasteiger partial charge on any atom is 0.573 e. The molecule has 2 aromatic rings. The Bertz CT molecular complexity index is 573. The van der Waals surface area contributed by atoms with Crippen LogP contribution >= 0.6 is 0 Å². The lowest BCUT2D eigenvalue weighted by molar-refractivity contribution is -0.274. The summed E-state index contributed by atoms with van der Waals surface area (Å²) in [6.07, 6.45) is -3.02. The largest absolute Gasteiger partial charge is 0.573 e. The van der Waals surface area contributed by atoms with Gasteiger partial charge >= 0.3 is 6.36 Å². The molecule has 0 unspecified atom stereocenters. The number of benzene rings is 1. The lowest BCUT2D eigenvalue weighted by Gasteiger charge is -2.16. The van der Waals surface area contributed by atoms with Crippen LogP contribution in [0.25, 0.3) is 0 Å². The van der Waals surface area contributed by atoms with Crippen LogP contribution in [0.15, 0.2) is 48.7 Å². The quantitative estimate of drug-likeness (QED) is 0.910. The molecule has 1 heterocycles. The molecular formula is C15H15F3N2O. The molecule has 1 atom stereocenters. The van der Waals surface area contributed by atoms with Crippen molar-refractivity contribution in [2.75, 3.05) is 0 Å². The summed E-state index contributed by atoms with van der Waals surface area (Å²) in [5.74, 6) is -0.189. The fourth-order valence-electron chi connectivity index (χ4n) is 1.87. The molecule has 1 aromatic carbocycles. The number of halogens is 3. The van der Waals surface area contributed by atoms with Crippen molar-refractivity contribution in [1.29, 1.82) is 0 Å². The number of nitrogens with one attached hydrogen (secondary N) is 1. The highest BCUT2D eigenvalue weighted by atomic mass is 19.4. The van der Waals surface area contributed by atoms with E-state index in [2.05, 4.69) is 15.0 Å². The van der Waals surface area contributed by atoms with E-state index >= 15 is 0 Å². The Hall–Kier alpha value is -2.08. The van der Waals surface area contributed by atoms with Gasteiger partial charge in [-0.25, -0.2) is 0 Å². The zero-order valence-corrected chi connectivity index (χ0v) is 11.4. The number of hydrogen-bond acceptors (Lipinski definition) is 3. The van der Waals surface area contributed by atoms with Gasteiger partial charge in [-0.2, -0.15) is 0 Å². The maximum absolute atomic E-state index is 12.3. The predicted octanol–water partition coefficient (Wildman–Crippen LogP) is 3.83. The van der Waals surface area contributed by atoms with E-state index in [1.807, 2.05) is 25.1 Å². The molecule has 0 saturated heterocycles. The highest BCUT2D eigenvalue weighted by Crippen LogP contribution is 2.26. The van der Waals surface area contributed by atoms with Gasteiger partial charge in [0.1, 0.15) is 5.75 Å². The fourth-order valence-corrected chi connectivity index (χ4v) is 1.87. The summed E-state index contributed by atoms with van der Waals surface area (Å²) in [6.45, 7) is 2.15. The third kappa shape index (κ3) is 4.75. The number of aromatic nitrogens is 1. The van der Waals surface area contributed by atoms with Crippen LogP contribution in [0.3, 0.4) is 0 Å². The molecule has 0 aliphatic carbocycles. The van der Waals surface area contributed by atoms with E-state index < -0.39 is 6.36 Å². The van der Waals surface area contributed by atoms with Gasteiger partial charge in [0.15, 0.2) is 0 Å². The molecule has 3 nitrogen and oxygen atoms in total. The second-order valence-electron chi connectivity index (χ2n) is 4.51. The van der Waals surface area contributed by atoms with Crippen LogP contribution in [0.5, 0.6) is 5.75 Å². The number of pyridine rings is 1. The van der Waals surface area contributed by atoms with Crippen molar-refractivity contribution in [1.82, 2.24) is 10.3 Å². The monoisotopic (exact) mass is 296 g/mol. The van der Waals surface area contributed by atoms with Crippen molar-refractivity contribution < 1.29 is 17.9 Å². The van der Waals surface area contributed by atoms with Crippen LogP contribution in [0, 0.1) is 0 Å². The molecule has 0 aliphatic heterocycles. The average Bonchev–Trinajstić information content (AvgIpc) is 2.45. The van der Waals surface area contributed by atoms with Gasteiger partial charge in [0.2, 0.25) is 0 Å². The molecule has 21 heavy (non-hydrogen) atoms. The normalized spacial score (nSPS) is 13.0. The summed E-state index contributed by atoms with van der Waals surface area (Å²) in [5.41, 5.74) is 1.27. The minimum absolute atomic E-state index is 0.0786. The number of nitrogens with zero attached hydrogens (tertiary/aromatic N) is 1. The topological polar surface area (TPSA) is 34.1 Å². The number of hydrogen-bond donors (Lipinski definition) is 1. The zero-order valence-electron chi connectivity index (χ0n) is 11.4. The summed E-state index contributed by atoms with van der Waals surface area (Å²) >= 11 is 0. The first-order valence-electron chi connectivity index (χ1n) is 6.43. The minimum Gasteiger partial charge on any atom is -0.405 e. The Labute approximate surface area is 120 Å². The smallest absolute Gasteiger partial charge is 0.405 e. The lowest BCUT2D eigenvalue weighted by atomic mass is 10.1. The van der Waals surface area contributed by atoms with Crippen molar-refractivity contribution in [2.45, 2.75) is 25.9 Å². The van der Waals surface area contributed by atoms with E-state index in [9.17, 15) is 13.2 Å². The fraction of sp³-hybridized carbons (Fsp3) is 0.267. The van der Waals surface area contributed by atoms with Gasteiger partial charge in [-0.1, -0.05) is 24.3 Å². The molecule has 0 bridgehead atoms. The second-order valence-corrected chi connectivity index (χ2v) is 4.51. The van der Waals surface area contributed by atoms with Crippen LogP contribution in [0.4, 0.5) is 13.2 Å². The average molecular weight is 296 g/mol. The molecule has 0 spiro atoms. The van der Waals surface area contributed by atoms with Crippen molar-refractivity contribution in [2.24, 2.45) is 0 Å². The van der Waals surface area contributed by atoms with Crippen LogP contribution < -0.4 is 10.1 Å². The van der Waals surface area contributed by atoms with Crippen molar-refractivity contribution in [3.05, 3.63) is 59.9 Å². The molecule has 1 N–H and O–H groups in total. The van der Waals surface area contributed by atoms with E-state index in [1.165, 1.54) is 12.1 Å². The number of ether oxygens (including phenoxy) is 1. The Morgan fingerprint density at radius 2 is 1.86 bits per heavy atom. The molecular weight excluding hydrogens is 281 g/mol. The van der Waals surface area contributed by atoms with E-state index in [0.29, 0.717) is 5.56 Å². The van der Waals surface area contributed by atoms with Gasteiger partial charge in [0, 0.05) is 24.3 Å². The van der Waals surface area contributed by atoms with Gasteiger partial charge in [0.05, 0.1) is 5.69 Å². The Kier molecular flexibility index (Phi) is 4.80. The third-order valence-electron chi connectivity index (χ3n) is 2.93. The second kappa shape index (κ2) is 6.58. The molecule has 0 fully saturated rings. The lowest BCUT2D eigenvalue weighted by Crippen LogP contribution is -2.22. The molecule has 112 valence electrons. The van der Waals surface area contributed by atoms with Crippen molar-refractivity contribution in [3.63, 3.8) is 0 Å². The summed E-state index contributed by atoms with van der Waals surface area (Å²) in [6, 6.07) is 11.5. The van der Waals surface area contributed by atoms with Gasteiger partial charge in [-0.15, -0.1) is 13.2 Å². The van der Waals surface area contributed by atoms with Gasteiger partial charge in [-0.3, -0.25) is 4.98 Å². The van der Waals surface area contributed by atoms with Gasteiger partial charge < -0.3 is 10.1 Å². The van der Waals surface area contributed by atoms with Crippen LogP contribution in [-0.2, 0) is 6.54 Å². The minimum atomic E-state index is -4.69. The van der Waals surface area contributed by atoms with Crippen LogP contribution in [0.1, 0.15) is 24.2 Å². The predicted molar refractivity (Wildman–Crippen MR) is 72.6 cm³/mol. The van der Waals surface area contributed by atoms with Crippen molar-refractivity contribution in [3.8, 4) is 5.75 Å². The first-order valence-corrected chi connectivity index (χ1v) is 6.43. The van der Waals surface area contributed by atoms with E-state index in [0.717, 1.165) is 5.69 Å². The summed E-state index contributed by atoms with van der Waals surface area (Å²) in [4.78, 5) is 4.20. The first kappa shape index (κ1) is 15.3. The Morgan fingerprint density at radius 3 is 2.52 bits per heavy atom. The summed E-state index contributed by atoms with van der Waals surface area (Å²) in [7, 11) is 0. The molecule has 0 amide bonds. The number of alkyl halides is 3. The zero-order chi connectivity index (χ0) is 15.3. The number of para-hydroxylation sites is 1. The van der Waals surface area contributed by atoms with Gasteiger partial charge in [-0.05, 0) is 25.1 Å². The Morgan fingerprint density at radius 1 is 1.14 bits per heavy atom. The molecule has 0 radical (unpaired) electrons. The molecule has 2 rings (SSSR count). The standard InChI is InChI=1S/C15H15F3N2O/c1-11(13-7-4-5-9-19-13)20-10-12-6-2-3-8-14(12)21-15(16,17)18/h2-9,11,20H,10H2,1H3/t11-/m0/s1. The van der Waals surface area contributed by atoms with E-state index in [4.69, 9.17) is 0 Å². The molecule has 0 saturated carbocycles.